The number of hydrogen-bond acceptors (Lipinski definition) is 3. The third-order valence-electron chi connectivity index (χ3n) is 2.91. The number of benzene rings is 1. The van der Waals surface area contributed by atoms with Crippen molar-refractivity contribution in [3.05, 3.63) is 29.8 Å². The summed E-state index contributed by atoms with van der Waals surface area (Å²) in [6.45, 7) is 9.82. The number of aliphatic imine (C=N–C) groups is 1. The molecule has 0 saturated carbocycles. The molecule has 0 aliphatic rings. The molecular weight excluding hydrogens is 405 g/mol. The van der Waals surface area contributed by atoms with E-state index in [0.29, 0.717) is 18.4 Å². The Morgan fingerprint density at radius 1 is 1.26 bits per heavy atom. The molecule has 0 aliphatic heterocycles. The van der Waals surface area contributed by atoms with Crippen LogP contribution >= 0.6 is 24.0 Å². The van der Waals surface area contributed by atoms with E-state index in [1.54, 1.807) is 0 Å². The quantitative estimate of drug-likeness (QED) is 0.257. The van der Waals surface area contributed by atoms with Crippen molar-refractivity contribution in [3.63, 3.8) is 0 Å². The summed E-state index contributed by atoms with van der Waals surface area (Å²) in [6.07, 6.45) is 0.923. The number of hydrogen-bond donors (Lipinski definition) is 2. The van der Waals surface area contributed by atoms with Crippen LogP contribution in [0.4, 0.5) is 0 Å². The minimum Gasteiger partial charge on any atom is -0.493 e. The van der Waals surface area contributed by atoms with Crippen molar-refractivity contribution in [2.45, 2.75) is 33.7 Å². The topological polar surface area (TPSA) is 68.9 Å². The molecule has 1 rings (SSSR count). The van der Waals surface area contributed by atoms with Gasteiger partial charge in [-0.25, -0.2) is 4.99 Å². The van der Waals surface area contributed by atoms with Crippen LogP contribution in [0.15, 0.2) is 29.3 Å². The summed E-state index contributed by atoms with van der Waals surface area (Å²) in [4.78, 5) is 4.32. The van der Waals surface area contributed by atoms with E-state index in [0.717, 1.165) is 44.1 Å². The number of nitrogens with zero attached hydrogens (tertiary/aromatic N) is 1. The molecule has 0 bridgehead atoms. The molecule has 0 fully saturated rings. The molecular formula is C17H30IN3O2. The lowest BCUT2D eigenvalue weighted by Gasteiger charge is -2.09. The Kier molecular flexibility index (Phi) is 12.8. The van der Waals surface area contributed by atoms with E-state index in [9.17, 15) is 0 Å². The highest BCUT2D eigenvalue weighted by Crippen LogP contribution is 2.13. The summed E-state index contributed by atoms with van der Waals surface area (Å²) in [7, 11) is 0. The van der Waals surface area contributed by atoms with Crippen molar-refractivity contribution >= 4 is 29.9 Å². The second-order valence-corrected chi connectivity index (χ2v) is 5.53. The minimum atomic E-state index is 0. The molecule has 1 aromatic carbocycles. The van der Waals surface area contributed by atoms with Gasteiger partial charge in [0.2, 0.25) is 0 Å². The van der Waals surface area contributed by atoms with Crippen molar-refractivity contribution < 1.29 is 9.47 Å². The molecule has 0 spiro atoms. The van der Waals surface area contributed by atoms with E-state index in [1.807, 2.05) is 31.2 Å². The third-order valence-corrected chi connectivity index (χ3v) is 2.91. The van der Waals surface area contributed by atoms with Crippen LogP contribution < -0.4 is 15.8 Å². The molecule has 23 heavy (non-hydrogen) atoms. The van der Waals surface area contributed by atoms with Gasteiger partial charge in [-0.2, -0.15) is 0 Å². The zero-order valence-corrected chi connectivity index (χ0v) is 16.7. The highest BCUT2D eigenvalue weighted by atomic mass is 127. The predicted molar refractivity (Wildman–Crippen MR) is 107 cm³/mol. The molecule has 132 valence electrons. The Bertz CT molecular complexity index is 436. The fraction of sp³-hybridized carbons (Fsp3) is 0.588. The standard InChI is InChI=1S/C17H29N3O2.HI/c1-4-21-11-5-10-19-17(18)20-12-15-6-8-16(9-7-15)22-13-14(2)3;/h6-9,14H,4-5,10-13H2,1-3H3,(H3,18,19,20);1H. The molecule has 3 N–H and O–H groups in total. The fourth-order valence-corrected chi connectivity index (χ4v) is 1.72. The second-order valence-electron chi connectivity index (χ2n) is 5.53. The minimum absolute atomic E-state index is 0. The Balaban J connectivity index is 0.00000484. The lowest BCUT2D eigenvalue weighted by molar-refractivity contribution is 0.145. The largest absolute Gasteiger partial charge is 0.493 e. The molecule has 0 atom stereocenters. The molecule has 0 amide bonds. The predicted octanol–water partition coefficient (Wildman–Crippen LogP) is 3.17. The van der Waals surface area contributed by atoms with E-state index in [-0.39, 0.29) is 24.0 Å². The van der Waals surface area contributed by atoms with Gasteiger partial charge in [-0.1, -0.05) is 26.0 Å². The molecule has 0 saturated heterocycles. The second kappa shape index (κ2) is 13.4. The SMILES string of the molecule is CCOCCCNC(N)=NCc1ccc(OCC(C)C)cc1.I. The summed E-state index contributed by atoms with van der Waals surface area (Å²) in [6, 6.07) is 7.97. The van der Waals surface area contributed by atoms with Crippen molar-refractivity contribution in [1.29, 1.82) is 0 Å². The maximum atomic E-state index is 5.82. The average molecular weight is 435 g/mol. The van der Waals surface area contributed by atoms with Gasteiger partial charge in [0.1, 0.15) is 5.75 Å². The molecule has 0 aliphatic carbocycles. The number of guanidine groups is 1. The van der Waals surface area contributed by atoms with Crippen LogP contribution in [0.1, 0.15) is 32.8 Å². The number of halogens is 1. The lowest BCUT2D eigenvalue weighted by atomic mass is 10.2. The van der Waals surface area contributed by atoms with Crippen LogP contribution in [0.25, 0.3) is 0 Å². The highest BCUT2D eigenvalue weighted by molar-refractivity contribution is 14.0. The van der Waals surface area contributed by atoms with E-state index >= 15 is 0 Å². The molecule has 0 unspecified atom stereocenters. The van der Waals surface area contributed by atoms with Gasteiger partial charge >= 0.3 is 0 Å². The normalized spacial score (nSPS) is 11.2. The van der Waals surface area contributed by atoms with E-state index in [2.05, 4.69) is 24.2 Å². The molecule has 5 nitrogen and oxygen atoms in total. The van der Waals surface area contributed by atoms with Gasteiger partial charge in [0, 0.05) is 19.8 Å². The van der Waals surface area contributed by atoms with Gasteiger partial charge < -0.3 is 20.5 Å². The average Bonchev–Trinajstić information content (AvgIpc) is 2.51. The molecule has 0 aromatic heterocycles. The summed E-state index contributed by atoms with van der Waals surface area (Å²) < 4.78 is 10.9. The number of nitrogens with two attached hydrogens (primary N) is 1. The lowest BCUT2D eigenvalue weighted by Crippen LogP contribution is -2.32. The molecule has 0 radical (unpaired) electrons. The molecule has 0 heterocycles. The Hall–Kier alpha value is -1.02. The summed E-state index contributed by atoms with van der Waals surface area (Å²) in [5, 5.41) is 3.08. The van der Waals surface area contributed by atoms with Gasteiger partial charge in [-0.05, 0) is 37.0 Å². The van der Waals surface area contributed by atoms with Gasteiger partial charge in [0.15, 0.2) is 5.96 Å². The van der Waals surface area contributed by atoms with Crippen molar-refractivity contribution in [1.82, 2.24) is 5.32 Å². The Morgan fingerprint density at radius 2 is 1.96 bits per heavy atom. The summed E-state index contributed by atoms with van der Waals surface area (Å²) in [5.74, 6) is 1.89. The Morgan fingerprint density at radius 3 is 2.57 bits per heavy atom. The zero-order chi connectivity index (χ0) is 16.2. The first-order chi connectivity index (χ1) is 10.6. The van der Waals surface area contributed by atoms with Crippen molar-refractivity contribution in [3.8, 4) is 5.75 Å². The van der Waals surface area contributed by atoms with Crippen LogP contribution in [0.5, 0.6) is 5.75 Å². The van der Waals surface area contributed by atoms with E-state index in [4.69, 9.17) is 15.2 Å². The van der Waals surface area contributed by atoms with Crippen LogP contribution in [-0.2, 0) is 11.3 Å². The smallest absolute Gasteiger partial charge is 0.188 e. The van der Waals surface area contributed by atoms with Gasteiger partial charge in [-0.3, -0.25) is 0 Å². The van der Waals surface area contributed by atoms with Crippen LogP contribution in [0.3, 0.4) is 0 Å². The molecule has 6 heteroatoms. The Labute approximate surface area is 157 Å². The first-order valence-corrected chi connectivity index (χ1v) is 7.95. The van der Waals surface area contributed by atoms with Crippen LogP contribution in [0.2, 0.25) is 0 Å². The van der Waals surface area contributed by atoms with Gasteiger partial charge in [0.25, 0.3) is 0 Å². The van der Waals surface area contributed by atoms with Gasteiger partial charge in [-0.15, -0.1) is 24.0 Å². The highest BCUT2D eigenvalue weighted by Gasteiger charge is 1.98. The van der Waals surface area contributed by atoms with Crippen LogP contribution in [-0.4, -0.2) is 32.3 Å². The first kappa shape index (κ1) is 22.0. The maximum absolute atomic E-state index is 5.82. The summed E-state index contributed by atoms with van der Waals surface area (Å²) >= 11 is 0. The van der Waals surface area contributed by atoms with Gasteiger partial charge in [0.05, 0.1) is 13.2 Å². The fourth-order valence-electron chi connectivity index (χ4n) is 1.72. The number of ether oxygens (including phenoxy) is 2. The number of rotatable bonds is 10. The van der Waals surface area contributed by atoms with Crippen molar-refractivity contribution in [2.75, 3.05) is 26.4 Å². The van der Waals surface area contributed by atoms with Crippen molar-refractivity contribution in [2.24, 2.45) is 16.6 Å². The summed E-state index contributed by atoms with van der Waals surface area (Å²) in [5.41, 5.74) is 6.93. The third kappa shape index (κ3) is 11.2. The molecule has 1 aromatic rings. The van der Waals surface area contributed by atoms with E-state index < -0.39 is 0 Å². The van der Waals surface area contributed by atoms with Crippen LogP contribution in [0, 0.1) is 5.92 Å². The monoisotopic (exact) mass is 435 g/mol. The first-order valence-electron chi connectivity index (χ1n) is 7.95. The van der Waals surface area contributed by atoms with E-state index in [1.165, 1.54) is 0 Å². The maximum Gasteiger partial charge on any atom is 0.188 e. The zero-order valence-electron chi connectivity index (χ0n) is 14.4. The number of nitrogens with one attached hydrogen (secondary N) is 1.